The zero-order valence-corrected chi connectivity index (χ0v) is 16.7. The number of benzene rings is 2. The molecular formula is C23H29N3O2. The number of hydrogen-bond acceptors (Lipinski definition) is 3. The second-order valence-electron chi connectivity index (χ2n) is 7.45. The Morgan fingerprint density at radius 2 is 1.61 bits per heavy atom. The summed E-state index contributed by atoms with van der Waals surface area (Å²) in [6, 6.07) is 17.9. The molecule has 2 amide bonds. The van der Waals surface area contributed by atoms with Crippen LogP contribution in [0.1, 0.15) is 36.1 Å². The molecule has 28 heavy (non-hydrogen) atoms. The Morgan fingerprint density at radius 3 is 2.25 bits per heavy atom. The smallest absolute Gasteiger partial charge is 0.225 e. The SMILES string of the molecule is CC(=O)N[C@H](CC(=O)N1CCN(Cc2ccccc2C)CC1)c1ccccc1. The number of nitrogens with zero attached hydrogens (tertiary/aromatic N) is 2. The summed E-state index contributed by atoms with van der Waals surface area (Å²) in [5.74, 6) is -0.0251. The van der Waals surface area contributed by atoms with Crippen molar-refractivity contribution in [3.05, 3.63) is 71.3 Å². The fourth-order valence-electron chi connectivity index (χ4n) is 3.67. The Morgan fingerprint density at radius 1 is 0.964 bits per heavy atom. The maximum atomic E-state index is 12.8. The molecule has 2 aromatic carbocycles. The molecule has 5 heteroatoms. The maximum Gasteiger partial charge on any atom is 0.225 e. The minimum atomic E-state index is -0.281. The number of piperazine rings is 1. The van der Waals surface area contributed by atoms with Crippen LogP contribution in [-0.4, -0.2) is 47.8 Å². The third-order valence-corrected chi connectivity index (χ3v) is 5.34. The van der Waals surface area contributed by atoms with Gasteiger partial charge in [-0.3, -0.25) is 14.5 Å². The molecule has 1 aliphatic rings. The fraction of sp³-hybridized carbons (Fsp3) is 0.391. The first kappa shape index (κ1) is 20.1. The normalized spacial score (nSPS) is 15.9. The van der Waals surface area contributed by atoms with Crippen LogP contribution in [0.4, 0.5) is 0 Å². The molecule has 0 saturated carbocycles. The van der Waals surface area contributed by atoms with E-state index in [4.69, 9.17) is 0 Å². The predicted octanol–water partition coefficient (Wildman–Crippen LogP) is 2.91. The fourth-order valence-corrected chi connectivity index (χ4v) is 3.67. The highest BCUT2D eigenvalue weighted by molar-refractivity contribution is 5.79. The van der Waals surface area contributed by atoms with Crippen molar-refractivity contribution in [3.63, 3.8) is 0 Å². The second-order valence-corrected chi connectivity index (χ2v) is 7.45. The van der Waals surface area contributed by atoms with E-state index in [1.54, 1.807) is 0 Å². The summed E-state index contributed by atoms with van der Waals surface area (Å²) in [6.45, 7) is 7.75. The number of carbonyl (C=O) groups is 2. The summed E-state index contributed by atoms with van der Waals surface area (Å²) in [7, 11) is 0. The molecule has 1 heterocycles. The molecule has 0 bridgehead atoms. The van der Waals surface area contributed by atoms with Gasteiger partial charge in [-0.1, -0.05) is 54.6 Å². The molecule has 1 atom stereocenters. The van der Waals surface area contributed by atoms with Gasteiger partial charge in [0.05, 0.1) is 12.5 Å². The summed E-state index contributed by atoms with van der Waals surface area (Å²) in [4.78, 5) is 28.7. The van der Waals surface area contributed by atoms with Crippen LogP contribution in [0.15, 0.2) is 54.6 Å². The molecule has 3 rings (SSSR count). The first-order valence-corrected chi connectivity index (χ1v) is 9.89. The topological polar surface area (TPSA) is 52.7 Å². The Labute approximate surface area is 167 Å². The molecule has 2 aromatic rings. The number of hydrogen-bond donors (Lipinski definition) is 1. The van der Waals surface area contributed by atoms with Crippen molar-refractivity contribution in [3.8, 4) is 0 Å². The van der Waals surface area contributed by atoms with E-state index in [1.807, 2.05) is 35.2 Å². The van der Waals surface area contributed by atoms with Gasteiger partial charge in [-0.05, 0) is 23.6 Å². The van der Waals surface area contributed by atoms with Gasteiger partial charge in [-0.25, -0.2) is 0 Å². The highest BCUT2D eigenvalue weighted by Crippen LogP contribution is 2.19. The van der Waals surface area contributed by atoms with Gasteiger partial charge in [0.25, 0.3) is 0 Å². The average Bonchev–Trinajstić information content (AvgIpc) is 2.70. The van der Waals surface area contributed by atoms with Crippen molar-refractivity contribution in [2.45, 2.75) is 32.9 Å². The Balaban J connectivity index is 1.55. The van der Waals surface area contributed by atoms with Crippen LogP contribution in [0.2, 0.25) is 0 Å². The van der Waals surface area contributed by atoms with Crippen LogP contribution in [0.3, 0.4) is 0 Å². The second kappa shape index (κ2) is 9.51. The van der Waals surface area contributed by atoms with Crippen LogP contribution in [-0.2, 0) is 16.1 Å². The van der Waals surface area contributed by atoms with Crippen molar-refractivity contribution in [2.24, 2.45) is 0 Å². The minimum Gasteiger partial charge on any atom is -0.349 e. The van der Waals surface area contributed by atoms with Crippen LogP contribution in [0.25, 0.3) is 0 Å². The highest BCUT2D eigenvalue weighted by Gasteiger charge is 2.25. The van der Waals surface area contributed by atoms with Crippen LogP contribution in [0.5, 0.6) is 0 Å². The van der Waals surface area contributed by atoms with Crippen molar-refractivity contribution < 1.29 is 9.59 Å². The first-order valence-electron chi connectivity index (χ1n) is 9.89. The van der Waals surface area contributed by atoms with E-state index < -0.39 is 0 Å². The van der Waals surface area contributed by atoms with Gasteiger partial charge in [0, 0.05) is 39.6 Å². The largest absolute Gasteiger partial charge is 0.349 e. The van der Waals surface area contributed by atoms with E-state index in [2.05, 4.69) is 41.4 Å². The van der Waals surface area contributed by atoms with Gasteiger partial charge in [0.1, 0.15) is 0 Å². The monoisotopic (exact) mass is 379 g/mol. The van der Waals surface area contributed by atoms with Gasteiger partial charge in [0.15, 0.2) is 0 Å². The van der Waals surface area contributed by atoms with E-state index >= 15 is 0 Å². The van der Waals surface area contributed by atoms with Crippen molar-refractivity contribution in [2.75, 3.05) is 26.2 Å². The zero-order chi connectivity index (χ0) is 19.9. The van der Waals surface area contributed by atoms with E-state index in [0.717, 1.165) is 38.3 Å². The molecule has 1 saturated heterocycles. The average molecular weight is 380 g/mol. The molecular weight excluding hydrogens is 350 g/mol. The molecule has 1 N–H and O–H groups in total. The zero-order valence-electron chi connectivity index (χ0n) is 16.7. The summed E-state index contributed by atoms with van der Waals surface area (Å²) < 4.78 is 0. The van der Waals surface area contributed by atoms with E-state index in [0.29, 0.717) is 6.42 Å². The highest BCUT2D eigenvalue weighted by atomic mass is 16.2. The first-order chi connectivity index (χ1) is 13.5. The number of carbonyl (C=O) groups excluding carboxylic acids is 2. The lowest BCUT2D eigenvalue weighted by molar-refractivity contribution is -0.133. The van der Waals surface area contributed by atoms with E-state index in [9.17, 15) is 9.59 Å². The maximum absolute atomic E-state index is 12.8. The van der Waals surface area contributed by atoms with E-state index in [-0.39, 0.29) is 17.9 Å². The quantitative estimate of drug-likeness (QED) is 0.840. The summed E-state index contributed by atoms with van der Waals surface area (Å²) in [5, 5.41) is 2.92. The lowest BCUT2D eigenvalue weighted by Gasteiger charge is -2.35. The molecule has 5 nitrogen and oxygen atoms in total. The van der Waals surface area contributed by atoms with Gasteiger partial charge in [0.2, 0.25) is 11.8 Å². The van der Waals surface area contributed by atoms with Crippen molar-refractivity contribution in [1.82, 2.24) is 15.1 Å². The lowest BCUT2D eigenvalue weighted by atomic mass is 10.0. The molecule has 1 fully saturated rings. The van der Waals surface area contributed by atoms with Crippen molar-refractivity contribution in [1.29, 1.82) is 0 Å². The third-order valence-electron chi connectivity index (χ3n) is 5.34. The van der Waals surface area contributed by atoms with E-state index in [1.165, 1.54) is 18.1 Å². The number of aryl methyl sites for hydroxylation is 1. The van der Waals surface area contributed by atoms with Crippen LogP contribution < -0.4 is 5.32 Å². The van der Waals surface area contributed by atoms with Gasteiger partial charge in [-0.15, -0.1) is 0 Å². The van der Waals surface area contributed by atoms with Crippen LogP contribution in [0, 0.1) is 6.92 Å². The predicted molar refractivity (Wildman–Crippen MR) is 111 cm³/mol. The summed E-state index contributed by atoms with van der Waals surface area (Å²) in [6.07, 6.45) is 0.293. The minimum absolute atomic E-state index is 0.0955. The van der Waals surface area contributed by atoms with Gasteiger partial charge in [-0.2, -0.15) is 0 Å². The molecule has 0 unspecified atom stereocenters. The standard InChI is InChI=1S/C23H29N3O2/c1-18-8-6-7-11-21(18)17-25-12-14-26(15-13-25)23(28)16-22(24-19(2)27)20-9-4-3-5-10-20/h3-11,22H,12-17H2,1-2H3,(H,24,27)/t22-/m1/s1. The van der Waals surface area contributed by atoms with Gasteiger partial charge >= 0.3 is 0 Å². The third kappa shape index (κ3) is 5.42. The number of rotatable bonds is 6. The molecule has 148 valence electrons. The Hall–Kier alpha value is -2.66. The Bertz CT molecular complexity index is 799. The Kier molecular flexibility index (Phi) is 6.82. The van der Waals surface area contributed by atoms with Crippen molar-refractivity contribution >= 4 is 11.8 Å². The lowest BCUT2D eigenvalue weighted by Crippen LogP contribution is -2.49. The molecule has 1 aliphatic heterocycles. The molecule has 0 radical (unpaired) electrons. The molecule has 0 aromatic heterocycles. The van der Waals surface area contributed by atoms with Gasteiger partial charge < -0.3 is 10.2 Å². The summed E-state index contributed by atoms with van der Waals surface area (Å²) >= 11 is 0. The van der Waals surface area contributed by atoms with Crippen LogP contribution >= 0.6 is 0 Å². The molecule has 0 aliphatic carbocycles. The summed E-state index contributed by atoms with van der Waals surface area (Å²) in [5.41, 5.74) is 3.61. The number of amides is 2. The molecule has 0 spiro atoms. The number of nitrogens with one attached hydrogen (secondary N) is 1.